The highest BCUT2D eigenvalue weighted by Crippen LogP contribution is 2.51. The van der Waals surface area contributed by atoms with Gasteiger partial charge in [-0.05, 0) is 43.7 Å². The lowest BCUT2D eigenvalue weighted by molar-refractivity contribution is -0.384. The molecule has 40 heavy (non-hydrogen) atoms. The van der Waals surface area contributed by atoms with Crippen LogP contribution in [0.4, 0.5) is 17.1 Å². The number of sulfonamides is 2. The zero-order valence-corrected chi connectivity index (χ0v) is 23.1. The van der Waals surface area contributed by atoms with Crippen LogP contribution in [0.25, 0.3) is 11.5 Å². The second-order valence-corrected chi connectivity index (χ2v) is 12.7. The molecule has 0 unspecified atom stereocenters. The first-order valence-electron chi connectivity index (χ1n) is 12.3. The molecule has 2 heterocycles. The van der Waals surface area contributed by atoms with Gasteiger partial charge in [-0.2, -0.15) is 0 Å². The Hall–Kier alpha value is -4.36. The Morgan fingerprint density at radius 1 is 0.725 bits per heavy atom. The van der Waals surface area contributed by atoms with E-state index in [-0.39, 0.29) is 46.8 Å². The summed E-state index contributed by atoms with van der Waals surface area (Å²) < 4.78 is 58.7. The quantitative estimate of drug-likeness (QED) is 0.307. The second-order valence-electron chi connectivity index (χ2n) is 9.08. The van der Waals surface area contributed by atoms with Crippen molar-refractivity contribution >= 4 is 48.6 Å². The monoisotopic (exact) mass is 583 g/mol. The molecule has 13 heteroatoms. The molecule has 0 amide bonds. The summed E-state index contributed by atoms with van der Waals surface area (Å²) in [5.74, 6) is -3.11. The van der Waals surface area contributed by atoms with E-state index in [1.54, 1.807) is 38.1 Å². The number of nitrogens with zero attached hydrogens (tertiary/aromatic N) is 3. The van der Waals surface area contributed by atoms with Crippen molar-refractivity contribution in [3.8, 4) is 0 Å². The second kappa shape index (κ2) is 9.68. The van der Waals surface area contributed by atoms with E-state index in [9.17, 15) is 37.2 Å². The number of aliphatic hydroxyl groups is 2. The number of fused-ring (bicyclic) bond motifs is 2. The van der Waals surface area contributed by atoms with Gasteiger partial charge in [0.05, 0.1) is 22.2 Å². The minimum absolute atomic E-state index is 0.00622. The third-order valence-corrected chi connectivity index (χ3v) is 11.0. The zero-order chi connectivity index (χ0) is 29.0. The van der Waals surface area contributed by atoms with Gasteiger partial charge in [-0.1, -0.05) is 36.4 Å². The lowest BCUT2D eigenvalue weighted by atomic mass is 9.93. The van der Waals surface area contributed by atoms with Crippen LogP contribution in [0.5, 0.6) is 0 Å². The van der Waals surface area contributed by atoms with Gasteiger partial charge in [0.1, 0.15) is 21.3 Å². The molecule has 0 atom stereocenters. The molecule has 0 radical (unpaired) electrons. The molecule has 0 aromatic heterocycles. The summed E-state index contributed by atoms with van der Waals surface area (Å²) in [5.41, 5.74) is 0.423. The largest absolute Gasteiger partial charge is 0.506 e. The van der Waals surface area contributed by atoms with Crippen LogP contribution in [-0.2, 0) is 20.0 Å². The third kappa shape index (κ3) is 3.92. The summed E-state index contributed by atoms with van der Waals surface area (Å²) >= 11 is 0. The van der Waals surface area contributed by atoms with Crippen LogP contribution in [-0.4, -0.2) is 45.1 Å². The van der Waals surface area contributed by atoms with Crippen molar-refractivity contribution in [2.45, 2.75) is 19.8 Å². The maximum atomic E-state index is 14.2. The molecule has 0 bridgehead atoms. The van der Waals surface area contributed by atoms with E-state index >= 15 is 0 Å². The van der Waals surface area contributed by atoms with Gasteiger partial charge in [0, 0.05) is 36.3 Å². The molecule has 0 saturated heterocycles. The van der Waals surface area contributed by atoms with Crippen molar-refractivity contribution in [3.63, 3.8) is 0 Å². The molecule has 5 rings (SSSR count). The fraction of sp³-hybridized carbons (Fsp3) is 0.185. The molecular weight excluding hydrogens is 558 g/mol. The van der Waals surface area contributed by atoms with E-state index in [4.69, 9.17) is 0 Å². The first kappa shape index (κ1) is 27.2. The van der Waals surface area contributed by atoms with Crippen molar-refractivity contribution in [1.82, 2.24) is 0 Å². The highest BCUT2D eigenvalue weighted by Gasteiger charge is 2.49. The molecule has 3 aromatic carbocycles. The standard InChI is InChI=1S/C27H25N3O8S2/c1-3-28-21-11-7-5-9-19(21)24(31)26(39(28,35)36)23(17-13-15-18(16-14-17)30(33)34)27-25(32)20-10-6-8-12-22(20)29(4-2)40(27,37)38/h5-16,23,31-32H,3-4H2,1-2H3. The van der Waals surface area contributed by atoms with Crippen molar-refractivity contribution in [2.75, 3.05) is 21.7 Å². The number of non-ortho nitro benzene ring substituents is 1. The highest BCUT2D eigenvalue weighted by atomic mass is 32.2. The number of nitro groups is 1. The van der Waals surface area contributed by atoms with Crippen LogP contribution in [0.1, 0.15) is 36.5 Å². The molecule has 0 saturated carbocycles. The molecule has 2 N–H and O–H groups in total. The minimum atomic E-state index is -4.57. The Kier molecular flexibility index (Phi) is 6.59. The predicted octanol–water partition coefficient (Wildman–Crippen LogP) is 4.87. The van der Waals surface area contributed by atoms with Gasteiger partial charge in [0.25, 0.3) is 25.7 Å². The van der Waals surface area contributed by atoms with Crippen LogP contribution in [0.3, 0.4) is 0 Å². The summed E-state index contributed by atoms with van der Waals surface area (Å²) in [6.45, 7) is 3.12. The van der Waals surface area contributed by atoms with E-state index in [1.807, 2.05) is 0 Å². The summed E-state index contributed by atoms with van der Waals surface area (Å²) in [4.78, 5) is 9.36. The van der Waals surface area contributed by atoms with E-state index in [2.05, 4.69) is 0 Å². The van der Waals surface area contributed by atoms with Gasteiger partial charge in [-0.3, -0.25) is 18.7 Å². The topological polar surface area (TPSA) is 158 Å². The summed E-state index contributed by atoms with van der Waals surface area (Å²) in [7, 11) is -9.15. The molecule has 0 spiro atoms. The lowest BCUT2D eigenvalue weighted by Crippen LogP contribution is -2.41. The van der Waals surface area contributed by atoms with Crippen molar-refractivity contribution in [2.24, 2.45) is 0 Å². The number of para-hydroxylation sites is 2. The first-order chi connectivity index (χ1) is 19.0. The Morgan fingerprint density at radius 2 is 1.12 bits per heavy atom. The number of allylic oxidation sites excluding steroid dienone is 2. The van der Waals surface area contributed by atoms with Gasteiger partial charge >= 0.3 is 0 Å². The molecule has 0 aliphatic carbocycles. The number of hydrogen-bond acceptors (Lipinski definition) is 8. The van der Waals surface area contributed by atoms with Crippen LogP contribution in [0, 0.1) is 10.1 Å². The summed E-state index contributed by atoms with van der Waals surface area (Å²) in [6.07, 6.45) is 0. The van der Waals surface area contributed by atoms with E-state index < -0.39 is 52.2 Å². The third-order valence-electron chi connectivity index (χ3n) is 6.99. The van der Waals surface area contributed by atoms with E-state index in [0.29, 0.717) is 0 Å². The minimum Gasteiger partial charge on any atom is -0.506 e. The SMILES string of the molecule is CCN1c2ccccc2C(O)=C(C(C2=C(O)c3ccccc3N(CC)S2(=O)=O)c2ccc([N+](=O)[O-])cc2)S1(=O)=O. The van der Waals surface area contributed by atoms with Gasteiger partial charge in [-0.25, -0.2) is 16.8 Å². The van der Waals surface area contributed by atoms with E-state index in [0.717, 1.165) is 20.7 Å². The number of aliphatic hydroxyl groups excluding tert-OH is 2. The van der Waals surface area contributed by atoms with Gasteiger partial charge in [0.15, 0.2) is 0 Å². The Labute approximate surface area is 231 Å². The average molecular weight is 584 g/mol. The highest BCUT2D eigenvalue weighted by molar-refractivity contribution is 7.98. The molecule has 2 aliphatic heterocycles. The fourth-order valence-electron chi connectivity index (χ4n) is 5.25. The fourth-order valence-corrected chi connectivity index (χ4v) is 9.13. The lowest BCUT2D eigenvalue weighted by Gasteiger charge is -2.38. The van der Waals surface area contributed by atoms with Gasteiger partial charge < -0.3 is 10.2 Å². The number of anilines is 2. The van der Waals surface area contributed by atoms with E-state index in [1.165, 1.54) is 36.4 Å². The van der Waals surface area contributed by atoms with Crippen molar-refractivity contribution < 1.29 is 32.0 Å². The van der Waals surface area contributed by atoms with Crippen molar-refractivity contribution in [3.05, 3.63) is 109 Å². The molecule has 11 nitrogen and oxygen atoms in total. The number of benzene rings is 3. The predicted molar refractivity (Wildman–Crippen MR) is 152 cm³/mol. The smallest absolute Gasteiger partial charge is 0.269 e. The summed E-state index contributed by atoms with van der Waals surface area (Å²) in [6, 6.07) is 17.1. The molecule has 0 fully saturated rings. The van der Waals surface area contributed by atoms with Crippen LogP contribution < -0.4 is 8.61 Å². The molecule has 2 aliphatic rings. The Morgan fingerprint density at radius 3 is 1.50 bits per heavy atom. The Bertz CT molecular complexity index is 1710. The number of rotatable bonds is 6. The van der Waals surface area contributed by atoms with Gasteiger partial charge in [0.2, 0.25) is 0 Å². The number of nitro benzene ring substituents is 1. The zero-order valence-electron chi connectivity index (χ0n) is 21.4. The van der Waals surface area contributed by atoms with Crippen LogP contribution in [0.2, 0.25) is 0 Å². The molecule has 208 valence electrons. The number of hydrogen-bond donors (Lipinski definition) is 2. The maximum absolute atomic E-state index is 14.2. The Balaban J connectivity index is 1.93. The summed E-state index contributed by atoms with van der Waals surface area (Å²) in [5, 5.41) is 34.3. The molecule has 3 aromatic rings. The molecular formula is C27H25N3O8S2. The normalized spacial score (nSPS) is 17.6. The van der Waals surface area contributed by atoms with Crippen LogP contribution in [0.15, 0.2) is 82.6 Å². The van der Waals surface area contributed by atoms with Crippen molar-refractivity contribution in [1.29, 1.82) is 0 Å². The van der Waals surface area contributed by atoms with Crippen LogP contribution >= 0.6 is 0 Å². The average Bonchev–Trinajstić information content (AvgIpc) is 2.92. The van der Waals surface area contributed by atoms with Gasteiger partial charge in [-0.15, -0.1) is 0 Å². The maximum Gasteiger partial charge on any atom is 0.269 e. The first-order valence-corrected chi connectivity index (χ1v) is 15.2.